The molecule has 1 aromatic carbocycles. The van der Waals surface area contributed by atoms with E-state index < -0.39 is 5.60 Å². The van der Waals surface area contributed by atoms with Crippen LogP contribution in [0.4, 0.5) is 5.69 Å². The molecule has 1 aromatic rings. The Kier molecular flexibility index (Phi) is 5.49. The van der Waals surface area contributed by atoms with Crippen LogP contribution in [0.15, 0.2) is 23.2 Å². The van der Waals surface area contributed by atoms with Crippen LogP contribution in [0.3, 0.4) is 0 Å². The summed E-state index contributed by atoms with van der Waals surface area (Å²) in [7, 11) is 0. The van der Waals surface area contributed by atoms with Crippen molar-refractivity contribution in [1.29, 1.82) is 0 Å². The fraction of sp³-hybridized carbons (Fsp3) is 0.562. The standard InChI is InChI=1S/C16H25N3O3/c1-3-16(20,4-2)11-18-15(17)19-12-6-7-13-14(10-12)22-9-5-8-21-13/h6-7,10,20H,3-5,8-9,11H2,1-2H3,(H3,17,18,19). The zero-order valence-electron chi connectivity index (χ0n) is 13.3. The molecule has 22 heavy (non-hydrogen) atoms. The number of hydrogen-bond donors (Lipinski definition) is 3. The van der Waals surface area contributed by atoms with Gasteiger partial charge in [0.15, 0.2) is 17.5 Å². The predicted octanol–water partition coefficient (Wildman–Crippen LogP) is 2.13. The maximum absolute atomic E-state index is 10.2. The number of ether oxygens (including phenoxy) is 2. The third-order valence-electron chi connectivity index (χ3n) is 3.88. The first-order valence-electron chi connectivity index (χ1n) is 7.75. The summed E-state index contributed by atoms with van der Waals surface area (Å²) in [6.45, 7) is 5.46. The van der Waals surface area contributed by atoms with E-state index in [1.54, 1.807) is 0 Å². The molecule has 0 unspecified atom stereocenters. The Morgan fingerprint density at radius 1 is 1.27 bits per heavy atom. The highest BCUT2D eigenvalue weighted by Crippen LogP contribution is 2.32. The van der Waals surface area contributed by atoms with E-state index >= 15 is 0 Å². The lowest BCUT2D eigenvalue weighted by molar-refractivity contribution is 0.0419. The van der Waals surface area contributed by atoms with E-state index in [1.807, 2.05) is 32.0 Å². The molecule has 0 aliphatic carbocycles. The van der Waals surface area contributed by atoms with Crippen molar-refractivity contribution in [2.75, 3.05) is 25.1 Å². The van der Waals surface area contributed by atoms with E-state index in [9.17, 15) is 5.11 Å². The minimum absolute atomic E-state index is 0.273. The van der Waals surface area contributed by atoms with Crippen molar-refractivity contribution < 1.29 is 14.6 Å². The molecule has 0 amide bonds. The molecule has 0 aromatic heterocycles. The van der Waals surface area contributed by atoms with E-state index in [1.165, 1.54) is 0 Å². The van der Waals surface area contributed by atoms with Gasteiger partial charge in [-0.15, -0.1) is 0 Å². The molecule has 0 radical (unpaired) electrons. The Labute approximate surface area is 131 Å². The molecule has 0 fully saturated rings. The van der Waals surface area contributed by atoms with Crippen LogP contribution in [-0.2, 0) is 0 Å². The van der Waals surface area contributed by atoms with Crippen molar-refractivity contribution in [2.45, 2.75) is 38.7 Å². The van der Waals surface area contributed by atoms with Gasteiger partial charge in [0.25, 0.3) is 0 Å². The van der Waals surface area contributed by atoms with E-state index in [0.29, 0.717) is 31.8 Å². The van der Waals surface area contributed by atoms with E-state index in [0.717, 1.165) is 17.9 Å². The highest BCUT2D eigenvalue weighted by molar-refractivity contribution is 5.92. The molecule has 122 valence electrons. The van der Waals surface area contributed by atoms with Crippen LogP contribution < -0.4 is 20.5 Å². The van der Waals surface area contributed by atoms with Crippen molar-refractivity contribution in [2.24, 2.45) is 10.7 Å². The van der Waals surface area contributed by atoms with Gasteiger partial charge in [-0.05, 0) is 25.0 Å². The van der Waals surface area contributed by atoms with Gasteiger partial charge in [0.2, 0.25) is 0 Å². The number of fused-ring (bicyclic) bond motifs is 1. The van der Waals surface area contributed by atoms with Crippen molar-refractivity contribution in [3.05, 3.63) is 18.2 Å². The Morgan fingerprint density at radius 2 is 1.95 bits per heavy atom. The molecule has 1 heterocycles. The second kappa shape index (κ2) is 7.35. The van der Waals surface area contributed by atoms with Crippen molar-refractivity contribution >= 4 is 11.6 Å². The molecule has 1 aliphatic rings. The number of nitrogens with zero attached hydrogens (tertiary/aromatic N) is 1. The van der Waals surface area contributed by atoms with E-state index in [-0.39, 0.29) is 12.5 Å². The molecule has 0 spiro atoms. The average molecular weight is 307 g/mol. The Hall–Kier alpha value is -1.95. The highest BCUT2D eigenvalue weighted by Gasteiger charge is 2.21. The van der Waals surface area contributed by atoms with Gasteiger partial charge in [0.05, 0.1) is 25.4 Å². The normalized spacial score (nSPS) is 15.3. The van der Waals surface area contributed by atoms with Crippen molar-refractivity contribution in [3.63, 3.8) is 0 Å². The van der Waals surface area contributed by atoms with E-state index in [4.69, 9.17) is 15.2 Å². The SMILES string of the molecule is CCC(O)(CC)CN=C(N)Nc1ccc2c(c1)OCCCO2. The van der Waals surface area contributed by atoms with Gasteiger partial charge in [-0.3, -0.25) is 4.99 Å². The molecular formula is C16H25N3O3. The predicted molar refractivity (Wildman–Crippen MR) is 87.7 cm³/mol. The monoisotopic (exact) mass is 307 g/mol. The smallest absolute Gasteiger partial charge is 0.193 e. The lowest BCUT2D eigenvalue weighted by Crippen LogP contribution is -2.33. The zero-order chi connectivity index (χ0) is 16.0. The number of nitrogens with one attached hydrogen (secondary N) is 1. The number of benzene rings is 1. The van der Waals surface area contributed by atoms with Gasteiger partial charge in [0, 0.05) is 18.2 Å². The largest absolute Gasteiger partial charge is 0.490 e. The third kappa shape index (κ3) is 4.27. The lowest BCUT2D eigenvalue weighted by atomic mass is 9.98. The number of aliphatic hydroxyl groups is 1. The first-order valence-corrected chi connectivity index (χ1v) is 7.75. The number of nitrogens with two attached hydrogens (primary N) is 1. The summed E-state index contributed by atoms with van der Waals surface area (Å²) >= 11 is 0. The number of aliphatic imine (C=N–C) groups is 1. The highest BCUT2D eigenvalue weighted by atomic mass is 16.5. The molecule has 4 N–H and O–H groups in total. The lowest BCUT2D eigenvalue weighted by Gasteiger charge is -2.22. The van der Waals surface area contributed by atoms with Gasteiger partial charge in [-0.2, -0.15) is 0 Å². The average Bonchev–Trinajstić information content (AvgIpc) is 2.77. The Bertz CT molecular complexity index is 527. The first-order chi connectivity index (χ1) is 10.6. The summed E-state index contributed by atoms with van der Waals surface area (Å²) in [5.74, 6) is 1.72. The van der Waals surface area contributed by atoms with Gasteiger partial charge in [0.1, 0.15) is 0 Å². The van der Waals surface area contributed by atoms with Gasteiger partial charge >= 0.3 is 0 Å². The van der Waals surface area contributed by atoms with Crippen molar-refractivity contribution in [3.8, 4) is 11.5 Å². The summed E-state index contributed by atoms with van der Waals surface area (Å²) in [6, 6.07) is 5.56. The van der Waals surface area contributed by atoms with Crippen LogP contribution in [0.5, 0.6) is 11.5 Å². The Balaban J connectivity index is 2.02. The van der Waals surface area contributed by atoms with Crippen LogP contribution in [0.25, 0.3) is 0 Å². The molecular weight excluding hydrogens is 282 g/mol. The number of anilines is 1. The molecule has 6 nitrogen and oxygen atoms in total. The topological polar surface area (TPSA) is 89.1 Å². The summed E-state index contributed by atoms with van der Waals surface area (Å²) < 4.78 is 11.2. The van der Waals surface area contributed by atoms with E-state index in [2.05, 4.69) is 10.3 Å². The quantitative estimate of drug-likeness (QED) is 0.573. The van der Waals surface area contributed by atoms with Crippen LogP contribution in [0, 0.1) is 0 Å². The molecule has 0 saturated heterocycles. The summed E-state index contributed by atoms with van der Waals surface area (Å²) in [6.07, 6.45) is 2.16. The fourth-order valence-electron chi connectivity index (χ4n) is 2.13. The minimum Gasteiger partial charge on any atom is -0.490 e. The maximum atomic E-state index is 10.2. The molecule has 0 bridgehead atoms. The molecule has 6 heteroatoms. The Morgan fingerprint density at radius 3 is 2.64 bits per heavy atom. The second-order valence-electron chi connectivity index (χ2n) is 5.47. The third-order valence-corrected chi connectivity index (χ3v) is 3.88. The minimum atomic E-state index is -0.795. The van der Waals surface area contributed by atoms with Crippen LogP contribution >= 0.6 is 0 Å². The second-order valence-corrected chi connectivity index (χ2v) is 5.47. The number of rotatable bonds is 5. The molecule has 2 rings (SSSR count). The molecule has 1 aliphatic heterocycles. The van der Waals surface area contributed by atoms with Gasteiger partial charge < -0.3 is 25.6 Å². The number of hydrogen-bond acceptors (Lipinski definition) is 4. The van der Waals surface area contributed by atoms with Crippen LogP contribution in [-0.4, -0.2) is 36.4 Å². The van der Waals surface area contributed by atoms with Crippen LogP contribution in [0.2, 0.25) is 0 Å². The zero-order valence-corrected chi connectivity index (χ0v) is 13.3. The summed E-state index contributed by atoms with van der Waals surface area (Å²) in [4.78, 5) is 4.23. The van der Waals surface area contributed by atoms with Gasteiger partial charge in [-0.25, -0.2) is 0 Å². The first kappa shape index (κ1) is 16.4. The maximum Gasteiger partial charge on any atom is 0.193 e. The van der Waals surface area contributed by atoms with Gasteiger partial charge in [-0.1, -0.05) is 13.8 Å². The number of guanidine groups is 1. The fourth-order valence-corrected chi connectivity index (χ4v) is 2.13. The molecule has 0 saturated carbocycles. The van der Waals surface area contributed by atoms with Crippen LogP contribution in [0.1, 0.15) is 33.1 Å². The van der Waals surface area contributed by atoms with Crippen molar-refractivity contribution in [1.82, 2.24) is 0 Å². The summed E-state index contributed by atoms with van der Waals surface area (Å²) in [5.41, 5.74) is 5.87. The summed E-state index contributed by atoms with van der Waals surface area (Å²) in [5, 5.41) is 13.2. The molecule has 0 atom stereocenters.